The maximum atomic E-state index is 12.7. The third kappa shape index (κ3) is 4.21. The number of carbonyl (C=O) groups excluding carboxylic acids is 1. The smallest absolute Gasteiger partial charge is 0.318 e. The highest BCUT2D eigenvalue weighted by Crippen LogP contribution is 2.26. The Kier molecular flexibility index (Phi) is 5.73. The highest BCUT2D eigenvalue weighted by atomic mass is 16.5. The zero-order valence-corrected chi connectivity index (χ0v) is 14.6. The van der Waals surface area contributed by atoms with Gasteiger partial charge in [-0.2, -0.15) is 0 Å². The Balaban J connectivity index is 1.64. The summed E-state index contributed by atoms with van der Waals surface area (Å²) in [6, 6.07) is 13.3. The topological polar surface area (TPSA) is 63.9 Å². The number of carbonyl (C=O) groups is 1. The summed E-state index contributed by atoms with van der Waals surface area (Å²) in [4.78, 5) is 14.5. The average molecular weight is 344 g/mol. The van der Waals surface area contributed by atoms with E-state index in [-0.39, 0.29) is 18.2 Å². The van der Waals surface area contributed by atoms with Crippen molar-refractivity contribution in [1.82, 2.24) is 10.2 Å². The molecule has 0 unspecified atom stereocenters. The molecule has 2 atom stereocenters. The number of nitrogens with one attached hydrogen (secondary N) is 1. The van der Waals surface area contributed by atoms with Crippen molar-refractivity contribution < 1.29 is 18.7 Å². The molecular weight excluding hydrogens is 320 g/mol. The van der Waals surface area contributed by atoms with Crippen molar-refractivity contribution in [1.29, 1.82) is 0 Å². The Morgan fingerprint density at radius 1 is 1.32 bits per heavy atom. The van der Waals surface area contributed by atoms with Crippen LogP contribution in [0, 0.1) is 6.92 Å². The minimum absolute atomic E-state index is 0.139. The van der Waals surface area contributed by atoms with Gasteiger partial charge in [-0.1, -0.05) is 30.3 Å². The fraction of sp³-hybridized carbons (Fsp3) is 0.421. The zero-order chi connectivity index (χ0) is 17.6. The van der Waals surface area contributed by atoms with Gasteiger partial charge in [0.15, 0.2) is 0 Å². The molecule has 134 valence electrons. The van der Waals surface area contributed by atoms with Crippen molar-refractivity contribution in [3.05, 3.63) is 59.5 Å². The number of benzene rings is 1. The molecule has 25 heavy (non-hydrogen) atoms. The molecule has 0 radical (unpaired) electrons. The van der Waals surface area contributed by atoms with E-state index in [1.54, 1.807) is 12.0 Å². The first-order valence-corrected chi connectivity index (χ1v) is 8.45. The van der Waals surface area contributed by atoms with Crippen LogP contribution in [0.3, 0.4) is 0 Å². The van der Waals surface area contributed by atoms with E-state index >= 15 is 0 Å². The predicted molar refractivity (Wildman–Crippen MR) is 93.3 cm³/mol. The Hall–Kier alpha value is -2.31. The molecule has 1 aliphatic heterocycles. The van der Waals surface area contributed by atoms with E-state index in [1.807, 2.05) is 49.4 Å². The third-order valence-electron chi connectivity index (χ3n) is 4.37. The van der Waals surface area contributed by atoms with Gasteiger partial charge in [-0.3, -0.25) is 0 Å². The van der Waals surface area contributed by atoms with Crippen LogP contribution in [0.5, 0.6) is 0 Å². The fourth-order valence-electron chi connectivity index (χ4n) is 3.00. The fourth-order valence-corrected chi connectivity index (χ4v) is 3.00. The Morgan fingerprint density at radius 2 is 2.12 bits per heavy atom. The Morgan fingerprint density at radius 3 is 2.80 bits per heavy atom. The van der Waals surface area contributed by atoms with E-state index in [0.29, 0.717) is 26.3 Å². The predicted octanol–water partition coefficient (Wildman–Crippen LogP) is 3.06. The number of amides is 2. The second-order valence-electron chi connectivity index (χ2n) is 6.05. The summed E-state index contributed by atoms with van der Waals surface area (Å²) in [5.41, 5.74) is 1.03. The lowest BCUT2D eigenvalue weighted by atomic mass is 10.1. The van der Waals surface area contributed by atoms with Crippen LogP contribution in [0.15, 0.2) is 46.9 Å². The van der Waals surface area contributed by atoms with E-state index in [2.05, 4.69) is 5.32 Å². The highest BCUT2D eigenvalue weighted by Gasteiger charge is 2.31. The maximum absolute atomic E-state index is 12.7. The van der Waals surface area contributed by atoms with Crippen molar-refractivity contribution in [2.24, 2.45) is 0 Å². The Labute approximate surface area is 147 Å². The summed E-state index contributed by atoms with van der Waals surface area (Å²) in [5.74, 6) is 1.57. The van der Waals surface area contributed by atoms with E-state index in [1.165, 1.54) is 0 Å². The van der Waals surface area contributed by atoms with Gasteiger partial charge >= 0.3 is 6.03 Å². The molecule has 0 aliphatic carbocycles. The number of nitrogens with zero attached hydrogens (tertiary/aromatic N) is 1. The zero-order valence-electron chi connectivity index (χ0n) is 14.6. The molecule has 1 aromatic carbocycles. The van der Waals surface area contributed by atoms with Crippen molar-refractivity contribution in [2.75, 3.05) is 33.4 Å². The summed E-state index contributed by atoms with van der Waals surface area (Å²) in [6.45, 7) is 3.78. The standard InChI is InChI=1S/C19H24N2O4/c1-14-8-9-17(25-14)16-13-24-11-10-21(16)19(22)20-12-18(23-2)15-6-4-3-5-7-15/h3-9,16,18H,10-13H2,1-2H3,(H,20,22)/t16-,18-/m0/s1. The first-order valence-electron chi connectivity index (χ1n) is 8.45. The minimum Gasteiger partial charge on any atom is -0.464 e. The van der Waals surface area contributed by atoms with Gasteiger partial charge < -0.3 is 24.1 Å². The molecule has 1 saturated heterocycles. The molecule has 1 N–H and O–H groups in total. The maximum Gasteiger partial charge on any atom is 0.318 e. The largest absolute Gasteiger partial charge is 0.464 e. The third-order valence-corrected chi connectivity index (χ3v) is 4.37. The van der Waals surface area contributed by atoms with Crippen LogP contribution in [0.4, 0.5) is 4.79 Å². The van der Waals surface area contributed by atoms with Crippen LogP contribution in [0.25, 0.3) is 0 Å². The van der Waals surface area contributed by atoms with Gasteiger partial charge in [-0.25, -0.2) is 4.79 Å². The number of furan rings is 1. The SMILES string of the molecule is CO[C@@H](CNC(=O)N1CCOC[C@H]1c1ccc(C)o1)c1ccccc1. The molecule has 1 aromatic heterocycles. The number of methoxy groups -OCH3 is 1. The lowest BCUT2D eigenvalue weighted by molar-refractivity contribution is 0.00303. The number of aryl methyl sites for hydroxylation is 1. The van der Waals surface area contributed by atoms with Gasteiger partial charge in [0, 0.05) is 20.2 Å². The molecule has 2 aromatic rings. The van der Waals surface area contributed by atoms with Crippen LogP contribution in [-0.2, 0) is 9.47 Å². The molecule has 0 bridgehead atoms. The molecular formula is C19H24N2O4. The Bertz CT molecular complexity index is 686. The number of urea groups is 1. The summed E-state index contributed by atoms with van der Waals surface area (Å²) in [5, 5.41) is 2.97. The molecule has 0 spiro atoms. The number of morpholine rings is 1. The monoisotopic (exact) mass is 344 g/mol. The molecule has 3 rings (SSSR count). The normalized spacial score (nSPS) is 18.8. The van der Waals surface area contributed by atoms with Gasteiger partial charge in [-0.05, 0) is 24.6 Å². The first kappa shape index (κ1) is 17.5. The van der Waals surface area contributed by atoms with Crippen molar-refractivity contribution in [3.8, 4) is 0 Å². The quantitative estimate of drug-likeness (QED) is 0.905. The molecule has 2 heterocycles. The van der Waals surface area contributed by atoms with E-state index in [0.717, 1.165) is 17.1 Å². The van der Waals surface area contributed by atoms with Crippen LogP contribution >= 0.6 is 0 Å². The van der Waals surface area contributed by atoms with Crippen molar-refractivity contribution >= 4 is 6.03 Å². The van der Waals surface area contributed by atoms with E-state index in [4.69, 9.17) is 13.9 Å². The summed E-state index contributed by atoms with van der Waals surface area (Å²) >= 11 is 0. The molecule has 0 saturated carbocycles. The molecule has 1 fully saturated rings. The average Bonchev–Trinajstić information content (AvgIpc) is 3.09. The van der Waals surface area contributed by atoms with E-state index < -0.39 is 0 Å². The van der Waals surface area contributed by atoms with Crippen LogP contribution in [0.1, 0.15) is 29.2 Å². The number of hydrogen-bond acceptors (Lipinski definition) is 4. The van der Waals surface area contributed by atoms with Gasteiger partial charge in [-0.15, -0.1) is 0 Å². The highest BCUT2D eigenvalue weighted by molar-refractivity contribution is 5.74. The summed E-state index contributed by atoms with van der Waals surface area (Å²) < 4.78 is 16.7. The van der Waals surface area contributed by atoms with Gasteiger partial charge in [0.1, 0.15) is 17.6 Å². The van der Waals surface area contributed by atoms with Gasteiger partial charge in [0.25, 0.3) is 0 Å². The second-order valence-corrected chi connectivity index (χ2v) is 6.05. The van der Waals surface area contributed by atoms with Gasteiger partial charge in [0.2, 0.25) is 0 Å². The lowest BCUT2D eigenvalue weighted by Gasteiger charge is -2.34. The van der Waals surface area contributed by atoms with Crippen LogP contribution < -0.4 is 5.32 Å². The molecule has 1 aliphatic rings. The number of hydrogen-bond donors (Lipinski definition) is 1. The second kappa shape index (κ2) is 8.18. The van der Waals surface area contributed by atoms with Crippen molar-refractivity contribution in [2.45, 2.75) is 19.1 Å². The van der Waals surface area contributed by atoms with Crippen LogP contribution in [0.2, 0.25) is 0 Å². The van der Waals surface area contributed by atoms with E-state index in [9.17, 15) is 4.79 Å². The van der Waals surface area contributed by atoms with Crippen LogP contribution in [-0.4, -0.2) is 44.3 Å². The number of rotatable bonds is 5. The minimum atomic E-state index is -0.208. The lowest BCUT2D eigenvalue weighted by Crippen LogP contribution is -2.48. The van der Waals surface area contributed by atoms with Crippen molar-refractivity contribution in [3.63, 3.8) is 0 Å². The number of ether oxygens (including phenoxy) is 2. The molecule has 6 heteroatoms. The first-order chi connectivity index (χ1) is 12.2. The summed E-state index contributed by atoms with van der Waals surface area (Å²) in [7, 11) is 1.65. The summed E-state index contributed by atoms with van der Waals surface area (Å²) in [6.07, 6.45) is -0.185. The van der Waals surface area contributed by atoms with Gasteiger partial charge in [0.05, 0.1) is 19.3 Å². The molecule has 2 amide bonds. The molecule has 6 nitrogen and oxygen atoms in total.